The number of rotatable bonds is 3. The highest BCUT2D eigenvalue weighted by molar-refractivity contribution is 7.89. The fourth-order valence-corrected chi connectivity index (χ4v) is 3.57. The summed E-state index contributed by atoms with van der Waals surface area (Å²) in [6.45, 7) is 0. The zero-order valence-corrected chi connectivity index (χ0v) is 12.8. The van der Waals surface area contributed by atoms with Crippen molar-refractivity contribution in [1.82, 2.24) is 4.72 Å². The van der Waals surface area contributed by atoms with Crippen molar-refractivity contribution in [2.45, 2.75) is 42.7 Å². The topological polar surface area (TPSA) is 72.2 Å². The fourth-order valence-electron chi connectivity index (χ4n) is 2.14. The first-order valence-corrected chi connectivity index (χ1v) is 7.87. The smallest absolute Gasteiger partial charge is 0.240 e. The molecule has 0 saturated heterocycles. The van der Waals surface area contributed by atoms with Crippen LogP contribution in [0.4, 0.5) is 0 Å². The van der Waals surface area contributed by atoms with Gasteiger partial charge in [-0.25, -0.2) is 13.1 Å². The second-order valence-electron chi connectivity index (χ2n) is 4.69. The lowest BCUT2D eigenvalue weighted by Gasteiger charge is -2.26. The summed E-state index contributed by atoms with van der Waals surface area (Å²) >= 11 is 5.74. The van der Waals surface area contributed by atoms with E-state index in [0.717, 1.165) is 25.7 Å². The van der Waals surface area contributed by atoms with Crippen molar-refractivity contribution in [2.24, 2.45) is 5.73 Å². The van der Waals surface area contributed by atoms with Gasteiger partial charge in [0.15, 0.2) is 0 Å². The quantitative estimate of drug-likeness (QED) is 0.896. The van der Waals surface area contributed by atoms with Crippen molar-refractivity contribution in [1.29, 1.82) is 0 Å². The Hall–Kier alpha value is -0.330. The third-order valence-corrected chi connectivity index (χ3v) is 5.01. The lowest BCUT2D eigenvalue weighted by atomic mass is 9.93. The average Bonchev–Trinajstić information content (AvgIpc) is 2.32. The van der Waals surface area contributed by atoms with E-state index in [1.807, 2.05) is 0 Å². The van der Waals surface area contributed by atoms with Crippen molar-refractivity contribution in [3.05, 3.63) is 29.3 Å². The Morgan fingerprint density at radius 3 is 2.16 bits per heavy atom. The molecule has 4 nitrogen and oxygen atoms in total. The average molecular weight is 325 g/mol. The van der Waals surface area contributed by atoms with Crippen molar-refractivity contribution in [3.63, 3.8) is 0 Å². The van der Waals surface area contributed by atoms with Crippen molar-refractivity contribution >= 4 is 34.0 Å². The van der Waals surface area contributed by atoms with Crippen LogP contribution in [-0.4, -0.2) is 20.5 Å². The maximum Gasteiger partial charge on any atom is 0.240 e. The molecule has 0 heterocycles. The minimum atomic E-state index is -3.44. The summed E-state index contributed by atoms with van der Waals surface area (Å²) in [7, 11) is -3.44. The zero-order valence-electron chi connectivity index (χ0n) is 10.4. The minimum Gasteiger partial charge on any atom is -0.328 e. The molecule has 0 unspecified atom stereocenters. The number of halogens is 2. The van der Waals surface area contributed by atoms with Crippen LogP contribution in [0.3, 0.4) is 0 Å². The summed E-state index contributed by atoms with van der Waals surface area (Å²) in [5, 5.41) is 0.526. The molecule has 0 spiro atoms. The summed E-state index contributed by atoms with van der Waals surface area (Å²) in [5.41, 5.74) is 5.80. The molecule has 1 saturated carbocycles. The van der Waals surface area contributed by atoms with Gasteiger partial charge in [-0.3, -0.25) is 0 Å². The van der Waals surface area contributed by atoms with Crippen LogP contribution in [0.2, 0.25) is 5.02 Å². The lowest BCUT2D eigenvalue weighted by molar-refractivity contribution is 0.373. The summed E-state index contributed by atoms with van der Waals surface area (Å²) < 4.78 is 26.9. The van der Waals surface area contributed by atoms with Gasteiger partial charge in [0.25, 0.3) is 0 Å². The SMILES string of the molecule is Cl.NC1CCC(NS(=O)(=O)c2ccc(Cl)cc2)CC1. The molecule has 0 radical (unpaired) electrons. The van der Waals surface area contributed by atoms with Crippen LogP contribution in [-0.2, 0) is 10.0 Å². The molecular formula is C12H18Cl2N2O2S. The minimum absolute atomic E-state index is 0. The van der Waals surface area contributed by atoms with Gasteiger partial charge in [0.1, 0.15) is 0 Å². The molecule has 1 fully saturated rings. The van der Waals surface area contributed by atoms with Crippen LogP contribution in [0.1, 0.15) is 25.7 Å². The Balaban J connectivity index is 0.00000180. The molecule has 1 aromatic carbocycles. The molecule has 0 bridgehead atoms. The van der Waals surface area contributed by atoms with Gasteiger partial charge < -0.3 is 5.73 Å². The van der Waals surface area contributed by atoms with Gasteiger partial charge in [-0.2, -0.15) is 0 Å². The van der Waals surface area contributed by atoms with Gasteiger partial charge in [0.05, 0.1) is 4.90 Å². The van der Waals surface area contributed by atoms with Gasteiger partial charge in [0, 0.05) is 17.1 Å². The summed E-state index contributed by atoms with van der Waals surface area (Å²) in [6, 6.07) is 6.38. The van der Waals surface area contributed by atoms with E-state index in [1.54, 1.807) is 12.1 Å². The van der Waals surface area contributed by atoms with Gasteiger partial charge in [-0.05, 0) is 49.9 Å². The summed E-state index contributed by atoms with van der Waals surface area (Å²) in [4.78, 5) is 0.252. The highest BCUT2D eigenvalue weighted by Gasteiger charge is 2.24. The van der Waals surface area contributed by atoms with Crippen molar-refractivity contribution in [2.75, 3.05) is 0 Å². The van der Waals surface area contributed by atoms with Crippen LogP contribution >= 0.6 is 24.0 Å². The molecule has 2 rings (SSSR count). The molecule has 108 valence electrons. The normalized spacial score (nSPS) is 23.7. The van der Waals surface area contributed by atoms with Crippen molar-refractivity contribution < 1.29 is 8.42 Å². The third kappa shape index (κ3) is 4.61. The van der Waals surface area contributed by atoms with E-state index in [2.05, 4.69) is 4.72 Å². The molecule has 0 aromatic heterocycles. The Labute approximate surface area is 125 Å². The Bertz CT molecular complexity index is 497. The van der Waals surface area contributed by atoms with Crippen molar-refractivity contribution in [3.8, 4) is 0 Å². The van der Waals surface area contributed by atoms with E-state index in [9.17, 15) is 8.42 Å². The van der Waals surface area contributed by atoms with E-state index < -0.39 is 10.0 Å². The molecule has 0 atom stereocenters. The lowest BCUT2D eigenvalue weighted by Crippen LogP contribution is -2.40. The van der Waals surface area contributed by atoms with Crippen LogP contribution in [0.15, 0.2) is 29.2 Å². The predicted molar refractivity (Wildman–Crippen MR) is 79.3 cm³/mol. The molecular weight excluding hydrogens is 307 g/mol. The van der Waals surface area contributed by atoms with Crippen LogP contribution in [0.5, 0.6) is 0 Å². The number of hydrogen-bond donors (Lipinski definition) is 2. The molecule has 1 aliphatic rings. The first-order chi connectivity index (χ1) is 8.47. The number of hydrogen-bond acceptors (Lipinski definition) is 3. The van der Waals surface area contributed by atoms with E-state index >= 15 is 0 Å². The number of benzene rings is 1. The maximum absolute atomic E-state index is 12.1. The molecule has 19 heavy (non-hydrogen) atoms. The monoisotopic (exact) mass is 324 g/mol. The van der Waals surface area contributed by atoms with E-state index in [1.165, 1.54) is 12.1 Å². The van der Waals surface area contributed by atoms with Crippen LogP contribution in [0, 0.1) is 0 Å². The molecule has 0 amide bonds. The third-order valence-electron chi connectivity index (χ3n) is 3.22. The molecule has 0 aliphatic heterocycles. The second-order valence-corrected chi connectivity index (χ2v) is 6.84. The largest absolute Gasteiger partial charge is 0.328 e. The highest BCUT2D eigenvalue weighted by atomic mass is 35.5. The molecule has 1 aromatic rings. The highest BCUT2D eigenvalue weighted by Crippen LogP contribution is 2.20. The van der Waals surface area contributed by atoms with E-state index in [-0.39, 0.29) is 29.4 Å². The predicted octanol–water partition coefficient (Wildman–Crippen LogP) is 2.31. The van der Waals surface area contributed by atoms with E-state index in [0.29, 0.717) is 5.02 Å². The van der Waals surface area contributed by atoms with E-state index in [4.69, 9.17) is 17.3 Å². The zero-order chi connectivity index (χ0) is 13.2. The first kappa shape index (κ1) is 16.7. The van der Waals surface area contributed by atoms with Crippen LogP contribution < -0.4 is 10.5 Å². The Morgan fingerprint density at radius 1 is 1.11 bits per heavy atom. The number of nitrogens with two attached hydrogens (primary N) is 1. The maximum atomic E-state index is 12.1. The Kier molecular flexibility index (Phi) is 6.08. The first-order valence-electron chi connectivity index (χ1n) is 6.01. The number of sulfonamides is 1. The van der Waals surface area contributed by atoms with Crippen LogP contribution in [0.25, 0.3) is 0 Å². The number of nitrogens with one attached hydrogen (secondary N) is 1. The second kappa shape index (κ2) is 6.90. The molecule has 7 heteroatoms. The van der Waals surface area contributed by atoms with Gasteiger partial charge >= 0.3 is 0 Å². The summed E-state index contributed by atoms with van der Waals surface area (Å²) in [6.07, 6.45) is 3.34. The Morgan fingerprint density at radius 2 is 1.63 bits per heavy atom. The standard InChI is InChI=1S/C12H17ClN2O2S.ClH/c13-9-1-7-12(8-2-9)18(16,17)15-11-5-3-10(14)4-6-11;/h1-2,7-8,10-11,15H,3-6,14H2;1H. The fraction of sp³-hybridized carbons (Fsp3) is 0.500. The molecule has 3 N–H and O–H groups in total. The molecule has 1 aliphatic carbocycles. The summed E-state index contributed by atoms with van der Waals surface area (Å²) in [5.74, 6) is 0. The van der Waals surface area contributed by atoms with Gasteiger partial charge in [-0.15, -0.1) is 12.4 Å². The van der Waals surface area contributed by atoms with Gasteiger partial charge in [0.2, 0.25) is 10.0 Å². The van der Waals surface area contributed by atoms with Gasteiger partial charge in [-0.1, -0.05) is 11.6 Å².